The molecular formula is C28H26F3N5O3. The molecule has 1 fully saturated rings. The summed E-state index contributed by atoms with van der Waals surface area (Å²) in [5, 5.41) is 17.4. The molecule has 2 aromatic carbocycles. The molecule has 2 N–H and O–H groups in total. The molecule has 0 saturated carbocycles. The lowest BCUT2D eigenvalue weighted by molar-refractivity contribution is -0.143. The fraction of sp³-hybridized carbons (Fsp3) is 0.250. The summed E-state index contributed by atoms with van der Waals surface area (Å²) in [5.41, 5.74) is -1.45. The maximum Gasteiger partial charge on any atom is 0.434 e. The van der Waals surface area contributed by atoms with Gasteiger partial charge in [-0.1, -0.05) is 30.3 Å². The number of piperidine rings is 1. The van der Waals surface area contributed by atoms with Crippen LogP contribution >= 0.6 is 0 Å². The minimum absolute atomic E-state index is 0.133. The molecule has 0 spiro atoms. The number of nitrogens with one attached hydrogen (secondary N) is 1. The molecular weight excluding hydrogens is 511 g/mol. The first-order valence-electron chi connectivity index (χ1n) is 12.3. The minimum atomic E-state index is -4.83. The number of rotatable bonds is 6. The van der Waals surface area contributed by atoms with E-state index < -0.39 is 28.9 Å². The Balaban J connectivity index is 1.29. The van der Waals surface area contributed by atoms with Gasteiger partial charge in [0.05, 0.1) is 42.0 Å². The number of nitrogens with zero attached hydrogens (tertiary/aromatic N) is 4. The number of pyridine rings is 1. The third kappa shape index (κ3) is 5.44. The predicted molar refractivity (Wildman–Crippen MR) is 139 cm³/mol. The number of anilines is 2. The Morgan fingerprint density at radius 2 is 1.69 bits per heavy atom. The second-order valence-electron chi connectivity index (χ2n) is 9.26. The van der Waals surface area contributed by atoms with E-state index in [9.17, 15) is 23.1 Å². The molecule has 0 radical (unpaired) electrons. The van der Waals surface area contributed by atoms with Crippen LogP contribution in [0.15, 0.2) is 79.1 Å². The number of aromatic nitrogens is 3. The zero-order valence-corrected chi connectivity index (χ0v) is 21.0. The van der Waals surface area contributed by atoms with Crippen molar-refractivity contribution in [2.24, 2.45) is 0 Å². The molecule has 11 heteroatoms. The third-order valence-electron chi connectivity index (χ3n) is 6.83. The smallest absolute Gasteiger partial charge is 0.434 e. The highest BCUT2D eigenvalue weighted by atomic mass is 19.4. The molecule has 1 amide bonds. The van der Waals surface area contributed by atoms with Crippen LogP contribution in [0.25, 0.3) is 5.69 Å². The predicted octanol–water partition coefficient (Wildman–Crippen LogP) is 5.04. The average molecular weight is 538 g/mol. The van der Waals surface area contributed by atoms with Gasteiger partial charge in [-0.25, -0.2) is 9.67 Å². The lowest BCUT2D eigenvalue weighted by atomic mass is 9.84. The lowest BCUT2D eigenvalue weighted by Gasteiger charge is -2.39. The van der Waals surface area contributed by atoms with Gasteiger partial charge in [-0.2, -0.15) is 18.3 Å². The second kappa shape index (κ2) is 10.4. The van der Waals surface area contributed by atoms with Gasteiger partial charge in [-0.3, -0.25) is 4.79 Å². The van der Waals surface area contributed by atoms with Crippen molar-refractivity contribution in [2.45, 2.75) is 24.6 Å². The number of carbonyl (C=O) groups is 1. The number of halogens is 3. The Kier molecular flexibility index (Phi) is 7.00. The average Bonchev–Trinajstić information content (AvgIpc) is 3.41. The summed E-state index contributed by atoms with van der Waals surface area (Å²) < 4.78 is 47.7. The van der Waals surface area contributed by atoms with Crippen molar-refractivity contribution in [3.8, 4) is 11.4 Å². The van der Waals surface area contributed by atoms with Gasteiger partial charge in [0.15, 0.2) is 5.69 Å². The first-order chi connectivity index (χ1) is 18.7. The van der Waals surface area contributed by atoms with E-state index in [4.69, 9.17) is 4.74 Å². The maximum absolute atomic E-state index is 14.0. The van der Waals surface area contributed by atoms with Gasteiger partial charge in [-0.15, -0.1) is 0 Å². The SMILES string of the molecule is COc1ccc(-n2ncc(C(=O)Nc3ccc(N4CCC(O)(c5ccccc5)CC4)nc3)c2C(F)(F)F)cc1. The normalized spacial score (nSPS) is 15.2. The Morgan fingerprint density at radius 1 is 1.00 bits per heavy atom. The molecule has 0 aliphatic carbocycles. The topological polar surface area (TPSA) is 92.5 Å². The zero-order chi connectivity index (χ0) is 27.6. The number of hydrogen-bond acceptors (Lipinski definition) is 6. The number of amides is 1. The molecule has 0 unspecified atom stereocenters. The maximum atomic E-state index is 14.0. The summed E-state index contributed by atoms with van der Waals surface area (Å²) >= 11 is 0. The van der Waals surface area contributed by atoms with Crippen LogP contribution in [0.3, 0.4) is 0 Å². The first kappa shape index (κ1) is 26.2. The van der Waals surface area contributed by atoms with Crippen molar-refractivity contribution < 1.29 is 27.8 Å². The fourth-order valence-electron chi connectivity index (χ4n) is 4.69. The van der Waals surface area contributed by atoms with E-state index in [-0.39, 0.29) is 11.4 Å². The van der Waals surface area contributed by atoms with Gasteiger partial charge < -0.3 is 20.1 Å². The largest absolute Gasteiger partial charge is 0.497 e. The number of methoxy groups -OCH3 is 1. The number of benzene rings is 2. The van der Waals surface area contributed by atoms with Gasteiger partial charge in [0.25, 0.3) is 5.91 Å². The summed E-state index contributed by atoms with van der Waals surface area (Å²) in [6, 6.07) is 18.7. The Bertz CT molecular complexity index is 1430. The Morgan fingerprint density at radius 3 is 2.28 bits per heavy atom. The van der Waals surface area contributed by atoms with Crippen LogP contribution in [0, 0.1) is 0 Å². The molecule has 0 atom stereocenters. The van der Waals surface area contributed by atoms with Crippen molar-refractivity contribution >= 4 is 17.4 Å². The number of aliphatic hydroxyl groups is 1. The summed E-state index contributed by atoms with van der Waals surface area (Å²) in [4.78, 5) is 19.3. The van der Waals surface area contributed by atoms with E-state index in [1.165, 1.54) is 37.6 Å². The number of hydrogen-bond donors (Lipinski definition) is 2. The van der Waals surface area contributed by atoms with Crippen LogP contribution in [0.2, 0.25) is 0 Å². The van der Waals surface area contributed by atoms with Gasteiger partial charge in [-0.05, 0) is 54.8 Å². The third-order valence-corrected chi connectivity index (χ3v) is 6.83. The standard InChI is InChI=1S/C28H26F3N5O3/c1-39-22-10-8-21(9-11-22)36-25(28(29,30)31)23(18-33-36)26(37)34-20-7-12-24(32-17-20)35-15-13-27(38,14-16-35)19-5-3-2-4-6-19/h2-12,17-18,38H,13-16H2,1H3,(H,34,37). The monoisotopic (exact) mass is 537 g/mol. The molecule has 2 aromatic heterocycles. The lowest BCUT2D eigenvalue weighted by Crippen LogP contribution is -2.42. The molecule has 5 rings (SSSR count). The van der Waals surface area contributed by atoms with Crippen LogP contribution in [0.1, 0.15) is 34.5 Å². The number of ether oxygens (including phenoxy) is 1. The highest BCUT2D eigenvalue weighted by molar-refractivity contribution is 6.05. The summed E-state index contributed by atoms with van der Waals surface area (Å²) in [5.74, 6) is 0.166. The Labute approximate surface area is 222 Å². The van der Waals surface area contributed by atoms with Crippen LogP contribution in [0.5, 0.6) is 5.75 Å². The van der Waals surface area contributed by atoms with Crippen molar-refractivity contribution in [1.29, 1.82) is 0 Å². The Hall–Kier alpha value is -4.38. The second-order valence-corrected chi connectivity index (χ2v) is 9.26. The van der Waals surface area contributed by atoms with Crippen LogP contribution in [0.4, 0.5) is 24.7 Å². The number of carbonyl (C=O) groups excluding carboxylic acids is 1. The quantitative estimate of drug-likeness (QED) is 0.358. The molecule has 4 aromatic rings. The summed E-state index contributed by atoms with van der Waals surface area (Å²) in [6.07, 6.45) is -1.50. The molecule has 1 aliphatic rings. The van der Waals surface area contributed by atoms with Gasteiger partial charge in [0, 0.05) is 13.1 Å². The minimum Gasteiger partial charge on any atom is -0.497 e. The van der Waals surface area contributed by atoms with Crippen LogP contribution in [-0.4, -0.2) is 46.0 Å². The van der Waals surface area contributed by atoms with Crippen molar-refractivity contribution in [1.82, 2.24) is 14.8 Å². The molecule has 3 heterocycles. The highest BCUT2D eigenvalue weighted by Gasteiger charge is 2.40. The molecule has 1 saturated heterocycles. The molecule has 8 nitrogen and oxygen atoms in total. The van der Waals surface area contributed by atoms with E-state index in [1.54, 1.807) is 12.1 Å². The molecule has 39 heavy (non-hydrogen) atoms. The van der Waals surface area contributed by atoms with E-state index in [0.717, 1.165) is 11.8 Å². The van der Waals surface area contributed by atoms with Gasteiger partial charge in [0.1, 0.15) is 11.6 Å². The van der Waals surface area contributed by atoms with Crippen molar-refractivity contribution in [3.05, 3.63) is 95.9 Å². The van der Waals surface area contributed by atoms with E-state index in [0.29, 0.717) is 42.2 Å². The van der Waals surface area contributed by atoms with Gasteiger partial charge in [0.2, 0.25) is 0 Å². The highest BCUT2D eigenvalue weighted by Crippen LogP contribution is 2.35. The van der Waals surface area contributed by atoms with E-state index >= 15 is 0 Å². The van der Waals surface area contributed by atoms with E-state index in [1.807, 2.05) is 35.2 Å². The first-order valence-corrected chi connectivity index (χ1v) is 12.3. The summed E-state index contributed by atoms with van der Waals surface area (Å²) in [7, 11) is 1.45. The van der Waals surface area contributed by atoms with Crippen molar-refractivity contribution in [3.63, 3.8) is 0 Å². The van der Waals surface area contributed by atoms with Crippen LogP contribution < -0.4 is 15.0 Å². The number of alkyl halides is 3. The summed E-state index contributed by atoms with van der Waals surface area (Å²) in [6.45, 7) is 1.15. The van der Waals surface area contributed by atoms with Crippen molar-refractivity contribution in [2.75, 3.05) is 30.4 Å². The van der Waals surface area contributed by atoms with E-state index in [2.05, 4.69) is 15.4 Å². The van der Waals surface area contributed by atoms with Gasteiger partial charge >= 0.3 is 6.18 Å². The molecule has 1 aliphatic heterocycles. The zero-order valence-electron chi connectivity index (χ0n) is 21.0. The van der Waals surface area contributed by atoms with Crippen LogP contribution in [-0.2, 0) is 11.8 Å². The fourth-order valence-corrected chi connectivity index (χ4v) is 4.69. The molecule has 202 valence electrons. The molecule has 0 bridgehead atoms.